The van der Waals surface area contributed by atoms with Crippen LogP contribution in [0.4, 0.5) is 13.2 Å². The van der Waals surface area contributed by atoms with Gasteiger partial charge in [0.25, 0.3) is 0 Å². The predicted molar refractivity (Wildman–Crippen MR) is 47.1 cm³/mol. The van der Waals surface area contributed by atoms with Crippen molar-refractivity contribution < 1.29 is 18.3 Å². The summed E-state index contributed by atoms with van der Waals surface area (Å²) in [7, 11) is 0. The van der Waals surface area contributed by atoms with Crippen molar-refractivity contribution >= 4 is 11.3 Å². The van der Waals surface area contributed by atoms with E-state index in [-0.39, 0.29) is 12.5 Å². The van der Waals surface area contributed by atoms with Gasteiger partial charge in [-0.1, -0.05) is 13.8 Å². The first-order valence-electron chi connectivity index (χ1n) is 4.04. The van der Waals surface area contributed by atoms with E-state index in [2.05, 4.69) is 4.98 Å². The van der Waals surface area contributed by atoms with Crippen LogP contribution in [0.15, 0.2) is 0 Å². The van der Waals surface area contributed by atoms with E-state index in [1.165, 1.54) is 0 Å². The fourth-order valence-corrected chi connectivity index (χ4v) is 1.99. The second kappa shape index (κ2) is 3.86. The second-order valence-corrected chi connectivity index (χ2v) is 4.22. The first-order chi connectivity index (χ1) is 6.36. The van der Waals surface area contributed by atoms with Crippen molar-refractivity contribution in [2.24, 2.45) is 0 Å². The maximum absolute atomic E-state index is 12.2. The van der Waals surface area contributed by atoms with E-state index in [0.29, 0.717) is 21.9 Å². The Labute approximate surface area is 83.4 Å². The van der Waals surface area contributed by atoms with Crippen molar-refractivity contribution in [2.75, 3.05) is 0 Å². The van der Waals surface area contributed by atoms with Gasteiger partial charge in [-0.05, 0) is 5.92 Å². The van der Waals surface area contributed by atoms with Gasteiger partial charge in [-0.3, -0.25) is 0 Å². The van der Waals surface area contributed by atoms with Crippen LogP contribution < -0.4 is 0 Å². The highest BCUT2D eigenvalue weighted by atomic mass is 32.1. The molecule has 0 aliphatic heterocycles. The molecule has 0 radical (unpaired) electrons. The zero-order valence-corrected chi connectivity index (χ0v) is 8.54. The molecule has 0 fully saturated rings. The number of hydrogen-bond donors (Lipinski definition) is 1. The molecule has 0 aromatic carbocycles. The van der Waals surface area contributed by atoms with Gasteiger partial charge in [0.15, 0.2) is 5.01 Å². The highest BCUT2D eigenvalue weighted by Crippen LogP contribution is 2.36. The molecule has 0 bridgehead atoms. The molecular formula is C8H10F3NOS. The summed E-state index contributed by atoms with van der Waals surface area (Å²) < 4.78 is 36.7. The molecule has 6 heteroatoms. The van der Waals surface area contributed by atoms with Crippen LogP contribution in [0, 0.1) is 0 Å². The molecule has 0 saturated heterocycles. The zero-order valence-electron chi connectivity index (χ0n) is 7.72. The summed E-state index contributed by atoms with van der Waals surface area (Å²) in [6, 6.07) is 0. The summed E-state index contributed by atoms with van der Waals surface area (Å²) in [6.45, 7) is 3.10. The average molecular weight is 225 g/mol. The number of aliphatic hydroxyl groups is 1. The molecule has 1 rings (SSSR count). The molecule has 80 valence electrons. The maximum Gasteiger partial charge on any atom is 0.443 e. The smallest absolute Gasteiger partial charge is 0.391 e. The number of aromatic nitrogens is 1. The Bertz CT molecular complexity index is 319. The third-order valence-corrected chi connectivity index (χ3v) is 2.76. The monoisotopic (exact) mass is 225 g/mol. The second-order valence-electron chi connectivity index (χ2n) is 3.14. The Morgan fingerprint density at radius 1 is 1.43 bits per heavy atom. The Kier molecular flexibility index (Phi) is 3.16. The van der Waals surface area contributed by atoms with E-state index >= 15 is 0 Å². The van der Waals surface area contributed by atoms with E-state index in [0.717, 1.165) is 0 Å². The van der Waals surface area contributed by atoms with Crippen molar-refractivity contribution in [1.29, 1.82) is 0 Å². The largest absolute Gasteiger partial charge is 0.443 e. The first-order valence-corrected chi connectivity index (χ1v) is 4.85. The SMILES string of the molecule is CC(C)c1nc(C(F)(F)F)sc1CO. The molecule has 14 heavy (non-hydrogen) atoms. The molecule has 0 unspecified atom stereocenters. The molecule has 1 aromatic rings. The summed E-state index contributed by atoms with van der Waals surface area (Å²) in [5.74, 6) is -0.107. The van der Waals surface area contributed by atoms with Gasteiger partial charge >= 0.3 is 6.18 Å². The van der Waals surface area contributed by atoms with E-state index < -0.39 is 11.2 Å². The number of halogens is 3. The van der Waals surface area contributed by atoms with E-state index in [1.54, 1.807) is 13.8 Å². The standard InChI is InChI=1S/C8H10F3NOS/c1-4(2)6-5(3-13)14-7(12-6)8(9,10)11/h4,13H,3H2,1-2H3. The minimum Gasteiger partial charge on any atom is -0.391 e. The van der Waals surface area contributed by atoms with Gasteiger partial charge in [0, 0.05) is 0 Å². The quantitative estimate of drug-likeness (QED) is 0.839. The summed E-state index contributed by atoms with van der Waals surface area (Å²) >= 11 is 0.509. The lowest BCUT2D eigenvalue weighted by Crippen LogP contribution is -2.04. The highest BCUT2D eigenvalue weighted by Gasteiger charge is 2.36. The van der Waals surface area contributed by atoms with Crippen molar-refractivity contribution in [2.45, 2.75) is 32.5 Å². The first kappa shape index (κ1) is 11.5. The normalized spacial score (nSPS) is 12.5. The molecule has 0 aliphatic rings. The fourth-order valence-electron chi connectivity index (χ4n) is 1.05. The summed E-state index contributed by atoms with van der Waals surface area (Å²) in [6.07, 6.45) is -4.41. The van der Waals surface area contributed by atoms with Gasteiger partial charge < -0.3 is 5.11 Å². The fraction of sp³-hybridized carbons (Fsp3) is 0.625. The van der Waals surface area contributed by atoms with Crippen molar-refractivity contribution in [3.05, 3.63) is 15.6 Å². The highest BCUT2D eigenvalue weighted by molar-refractivity contribution is 7.11. The van der Waals surface area contributed by atoms with Gasteiger partial charge in [-0.25, -0.2) is 4.98 Å². The van der Waals surface area contributed by atoms with Crippen LogP contribution in [-0.2, 0) is 12.8 Å². The lowest BCUT2D eigenvalue weighted by molar-refractivity contribution is -0.137. The van der Waals surface area contributed by atoms with Crippen LogP contribution in [0.1, 0.15) is 35.3 Å². The van der Waals surface area contributed by atoms with Crippen LogP contribution >= 0.6 is 11.3 Å². The van der Waals surface area contributed by atoms with Crippen molar-refractivity contribution in [3.8, 4) is 0 Å². The lowest BCUT2D eigenvalue weighted by atomic mass is 10.1. The van der Waals surface area contributed by atoms with Crippen LogP contribution in [0.5, 0.6) is 0 Å². The average Bonchev–Trinajstić information content (AvgIpc) is 2.45. The van der Waals surface area contributed by atoms with Gasteiger partial charge in [0.05, 0.1) is 17.2 Å². The summed E-state index contributed by atoms with van der Waals surface area (Å²) in [5.41, 5.74) is 0.338. The topological polar surface area (TPSA) is 33.1 Å². The van der Waals surface area contributed by atoms with E-state index in [4.69, 9.17) is 5.11 Å². The molecule has 0 amide bonds. The molecule has 0 saturated carbocycles. The van der Waals surface area contributed by atoms with E-state index in [1.807, 2.05) is 0 Å². The molecule has 0 atom stereocenters. The van der Waals surface area contributed by atoms with Crippen LogP contribution in [0.25, 0.3) is 0 Å². The number of rotatable bonds is 2. The maximum atomic E-state index is 12.2. The molecular weight excluding hydrogens is 215 g/mol. The minimum absolute atomic E-state index is 0.107. The molecule has 1 aromatic heterocycles. The molecule has 1 N–H and O–H groups in total. The Balaban J connectivity index is 3.13. The van der Waals surface area contributed by atoms with Gasteiger partial charge in [0.1, 0.15) is 0 Å². The van der Waals surface area contributed by atoms with Crippen LogP contribution in [0.3, 0.4) is 0 Å². The molecule has 0 spiro atoms. The van der Waals surface area contributed by atoms with Crippen molar-refractivity contribution in [1.82, 2.24) is 4.98 Å². The number of hydrogen-bond acceptors (Lipinski definition) is 3. The Morgan fingerprint density at radius 3 is 2.29 bits per heavy atom. The number of thiazole rings is 1. The Hall–Kier alpha value is -0.620. The summed E-state index contributed by atoms with van der Waals surface area (Å²) in [4.78, 5) is 3.78. The third kappa shape index (κ3) is 2.24. The molecule has 1 heterocycles. The number of nitrogens with zero attached hydrogens (tertiary/aromatic N) is 1. The third-order valence-electron chi connectivity index (χ3n) is 1.66. The van der Waals surface area contributed by atoms with Gasteiger partial charge in [-0.15, -0.1) is 11.3 Å². The van der Waals surface area contributed by atoms with Gasteiger partial charge in [0.2, 0.25) is 0 Å². The molecule has 0 aliphatic carbocycles. The van der Waals surface area contributed by atoms with E-state index in [9.17, 15) is 13.2 Å². The van der Waals surface area contributed by atoms with Gasteiger partial charge in [-0.2, -0.15) is 13.2 Å². The predicted octanol–water partition coefficient (Wildman–Crippen LogP) is 2.78. The van der Waals surface area contributed by atoms with Crippen LogP contribution in [-0.4, -0.2) is 10.1 Å². The molecule has 2 nitrogen and oxygen atoms in total. The lowest BCUT2D eigenvalue weighted by Gasteiger charge is -2.02. The summed E-state index contributed by atoms with van der Waals surface area (Å²) in [5, 5.41) is 7.97. The number of alkyl halides is 3. The minimum atomic E-state index is -4.41. The zero-order chi connectivity index (χ0) is 10.9. The number of aliphatic hydroxyl groups excluding tert-OH is 1. The van der Waals surface area contributed by atoms with Crippen molar-refractivity contribution in [3.63, 3.8) is 0 Å². The van der Waals surface area contributed by atoms with Crippen LogP contribution in [0.2, 0.25) is 0 Å². The Morgan fingerprint density at radius 2 is 2.00 bits per heavy atom.